The zero-order valence-corrected chi connectivity index (χ0v) is 29.7. The molecule has 2 aromatic heterocycles. The molecule has 0 radical (unpaired) electrons. The van der Waals surface area contributed by atoms with E-state index in [0.29, 0.717) is 0 Å². The van der Waals surface area contributed by atoms with Gasteiger partial charge in [-0.25, -0.2) is 0 Å². The summed E-state index contributed by atoms with van der Waals surface area (Å²) in [5.41, 5.74) is 12.8. The molecule has 10 aromatic rings. The molecule has 0 saturated carbocycles. The van der Waals surface area contributed by atoms with Crippen molar-refractivity contribution in [2.45, 2.75) is 19.3 Å². The number of hydrogen-bond acceptors (Lipinski definition) is 3. The third-order valence-corrected chi connectivity index (χ3v) is 12.4. The Morgan fingerprint density at radius 1 is 0.481 bits per heavy atom. The molecule has 0 fully saturated rings. The first-order chi connectivity index (χ1) is 25.5. The molecule has 52 heavy (non-hydrogen) atoms. The van der Waals surface area contributed by atoms with Crippen LogP contribution in [0, 0.1) is 0 Å². The van der Waals surface area contributed by atoms with Crippen molar-refractivity contribution >= 4 is 81.3 Å². The van der Waals surface area contributed by atoms with E-state index >= 15 is 0 Å². The van der Waals surface area contributed by atoms with Gasteiger partial charge in [0.1, 0.15) is 11.2 Å². The Bertz CT molecular complexity index is 3060. The van der Waals surface area contributed by atoms with Crippen LogP contribution in [0.5, 0.6) is 0 Å². The van der Waals surface area contributed by atoms with Gasteiger partial charge in [-0.15, -0.1) is 11.3 Å². The summed E-state index contributed by atoms with van der Waals surface area (Å²) in [6.07, 6.45) is 0. The average molecular weight is 684 g/mol. The van der Waals surface area contributed by atoms with Crippen LogP contribution in [0.4, 0.5) is 17.1 Å². The Labute approximate surface area is 305 Å². The fraction of sp³-hybridized carbons (Fsp3) is 0.0612. The van der Waals surface area contributed by atoms with Crippen LogP contribution in [-0.4, -0.2) is 0 Å². The molecule has 11 rings (SSSR count). The quantitative estimate of drug-likeness (QED) is 0.184. The van der Waals surface area contributed by atoms with Gasteiger partial charge < -0.3 is 9.32 Å². The number of para-hydroxylation sites is 1. The number of thiophene rings is 1. The molecule has 3 heteroatoms. The van der Waals surface area contributed by atoms with Crippen LogP contribution in [0.1, 0.15) is 25.0 Å². The molecule has 2 nitrogen and oxygen atoms in total. The van der Waals surface area contributed by atoms with Gasteiger partial charge in [-0.1, -0.05) is 123 Å². The maximum Gasteiger partial charge on any atom is 0.143 e. The normalized spacial score (nSPS) is 13.3. The summed E-state index contributed by atoms with van der Waals surface area (Å²) in [5.74, 6) is 0. The summed E-state index contributed by atoms with van der Waals surface area (Å²) in [7, 11) is 0. The van der Waals surface area contributed by atoms with Crippen molar-refractivity contribution in [1.82, 2.24) is 0 Å². The van der Waals surface area contributed by atoms with E-state index in [-0.39, 0.29) is 5.41 Å². The lowest BCUT2D eigenvalue weighted by Gasteiger charge is -2.29. The van der Waals surface area contributed by atoms with Gasteiger partial charge >= 0.3 is 0 Å². The molecule has 0 saturated heterocycles. The first kappa shape index (κ1) is 29.6. The smallest absolute Gasteiger partial charge is 0.143 e. The number of fused-ring (bicyclic) bond motifs is 11. The largest absolute Gasteiger partial charge is 0.455 e. The lowest BCUT2D eigenvalue weighted by atomic mass is 9.82. The second-order valence-corrected chi connectivity index (χ2v) is 15.6. The van der Waals surface area contributed by atoms with Crippen molar-refractivity contribution in [3.05, 3.63) is 175 Å². The summed E-state index contributed by atoms with van der Waals surface area (Å²) in [6, 6.07) is 59.9. The molecular weight excluding hydrogens is 651 g/mol. The van der Waals surface area contributed by atoms with Crippen molar-refractivity contribution < 1.29 is 4.42 Å². The van der Waals surface area contributed by atoms with Gasteiger partial charge in [0.15, 0.2) is 0 Å². The van der Waals surface area contributed by atoms with E-state index in [2.05, 4.69) is 183 Å². The summed E-state index contributed by atoms with van der Waals surface area (Å²) in [6.45, 7) is 4.70. The van der Waals surface area contributed by atoms with E-state index in [1.807, 2.05) is 11.3 Å². The first-order valence-electron chi connectivity index (χ1n) is 17.9. The molecule has 0 atom stereocenters. The van der Waals surface area contributed by atoms with E-state index in [1.54, 1.807) is 0 Å². The average Bonchev–Trinajstić information content (AvgIpc) is 3.83. The van der Waals surface area contributed by atoms with E-state index in [1.165, 1.54) is 53.6 Å². The lowest BCUT2D eigenvalue weighted by Crippen LogP contribution is -2.16. The molecule has 0 spiro atoms. The molecule has 8 aromatic carbocycles. The standard InChI is InChI=1S/C49H33NOS/c1-49(2)41-20-10-8-15-34(41)35-25-24-32(28-42(35)49)50(31-13-4-3-5-14-31)43-29-40-47-33(19-12-21-44(47)51-48(40)38-18-7-6-16-36(38)43)30-23-26-46-39(27-30)37-17-9-11-22-45(37)52-46/h3-29H,1-2H3. The molecule has 0 bridgehead atoms. The Morgan fingerprint density at radius 2 is 1.19 bits per heavy atom. The highest BCUT2D eigenvalue weighted by Crippen LogP contribution is 2.52. The molecule has 0 amide bonds. The van der Waals surface area contributed by atoms with Crippen LogP contribution in [-0.2, 0) is 5.41 Å². The minimum absolute atomic E-state index is 0.110. The molecule has 1 aliphatic rings. The van der Waals surface area contributed by atoms with Gasteiger partial charge in [0.05, 0.1) is 5.69 Å². The van der Waals surface area contributed by atoms with Crippen molar-refractivity contribution in [2.75, 3.05) is 4.90 Å². The topological polar surface area (TPSA) is 16.4 Å². The second kappa shape index (κ2) is 10.9. The summed E-state index contributed by atoms with van der Waals surface area (Å²) >= 11 is 1.86. The van der Waals surface area contributed by atoms with Gasteiger partial charge in [-0.3, -0.25) is 0 Å². The summed E-state index contributed by atoms with van der Waals surface area (Å²) < 4.78 is 9.45. The molecule has 0 N–H and O–H groups in total. The monoisotopic (exact) mass is 683 g/mol. The number of anilines is 3. The number of nitrogens with zero attached hydrogens (tertiary/aromatic N) is 1. The molecule has 1 aliphatic carbocycles. The minimum Gasteiger partial charge on any atom is -0.455 e. The van der Waals surface area contributed by atoms with Crippen LogP contribution in [0.3, 0.4) is 0 Å². The Hall–Kier alpha value is -6.16. The van der Waals surface area contributed by atoms with E-state index < -0.39 is 0 Å². The zero-order chi connectivity index (χ0) is 34.6. The summed E-state index contributed by atoms with van der Waals surface area (Å²) in [4.78, 5) is 2.44. The lowest BCUT2D eigenvalue weighted by molar-refractivity contribution is 0.660. The Morgan fingerprint density at radius 3 is 2.08 bits per heavy atom. The second-order valence-electron chi connectivity index (χ2n) is 14.5. The fourth-order valence-corrected chi connectivity index (χ4v) is 9.87. The van der Waals surface area contributed by atoms with Crippen LogP contribution in [0.25, 0.3) is 75.1 Å². The van der Waals surface area contributed by atoms with Crippen LogP contribution < -0.4 is 4.90 Å². The zero-order valence-electron chi connectivity index (χ0n) is 28.9. The van der Waals surface area contributed by atoms with Crippen LogP contribution >= 0.6 is 11.3 Å². The Balaban J connectivity index is 1.18. The SMILES string of the molecule is CC1(C)c2ccccc2-c2ccc(N(c3ccccc3)c3cc4c(oc5cccc(-c6ccc7sc8ccccc8c7c6)c54)c4ccccc34)cc21. The van der Waals surface area contributed by atoms with Gasteiger partial charge in [0.2, 0.25) is 0 Å². The number of hydrogen-bond donors (Lipinski definition) is 0. The molecule has 0 unspecified atom stereocenters. The Kier molecular flexibility index (Phi) is 6.21. The van der Waals surface area contributed by atoms with Crippen molar-refractivity contribution in [3.8, 4) is 22.3 Å². The van der Waals surface area contributed by atoms with Gasteiger partial charge in [-0.05, 0) is 88.0 Å². The fourth-order valence-electron chi connectivity index (χ4n) is 8.78. The number of benzene rings is 8. The predicted molar refractivity (Wildman–Crippen MR) is 222 cm³/mol. The van der Waals surface area contributed by atoms with Crippen LogP contribution in [0.15, 0.2) is 168 Å². The van der Waals surface area contributed by atoms with Gasteiger partial charge in [-0.2, -0.15) is 0 Å². The highest BCUT2D eigenvalue weighted by molar-refractivity contribution is 7.25. The maximum atomic E-state index is 6.82. The van der Waals surface area contributed by atoms with E-state index in [9.17, 15) is 0 Å². The highest BCUT2D eigenvalue weighted by Gasteiger charge is 2.36. The first-order valence-corrected chi connectivity index (χ1v) is 18.7. The maximum absolute atomic E-state index is 6.82. The van der Waals surface area contributed by atoms with Crippen molar-refractivity contribution in [1.29, 1.82) is 0 Å². The molecule has 0 aliphatic heterocycles. The highest BCUT2D eigenvalue weighted by atomic mass is 32.1. The molecular formula is C49H33NOS. The van der Waals surface area contributed by atoms with Gasteiger partial charge in [0, 0.05) is 58.5 Å². The molecule has 2 heterocycles. The van der Waals surface area contributed by atoms with Crippen LogP contribution in [0.2, 0.25) is 0 Å². The van der Waals surface area contributed by atoms with E-state index in [0.717, 1.165) is 49.8 Å². The van der Waals surface area contributed by atoms with Gasteiger partial charge in [0.25, 0.3) is 0 Å². The number of rotatable bonds is 4. The summed E-state index contributed by atoms with van der Waals surface area (Å²) in [5, 5.41) is 7.11. The predicted octanol–water partition coefficient (Wildman–Crippen LogP) is 14.6. The molecule has 246 valence electrons. The third-order valence-electron chi connectivity index (χ3n) is 11.2. The minimum atomic E-state index is -0.110. The number of furan rings is 1. The van der Waals surface area contributed by atoms with Crippen molar-refractivity contribution in [2.24, 2.45) is 0 Å². The third kappa shape index (κ3) is 4.17. The van der Waals surface area contributed by atoms with Crippen molar-refractivity contribution in [3.63, 3.8) is 0 Å². The van der Waals surface area contributed by atoms with E-state index in [4.69, 9.17) is 4.42 Å².